The van der Waals surface area contributed by atoms with E-state index in [0.717, 1.165) is 31.4 Å². The topological polar surface area (TPSA) is 40.5 Å². The number of hydrogen-bond donors (Lipinski definition) is 1. The molecule has 0 spiro atoms. The van der Waals surface area contributed by atoms with E-state index in [9.17, 15) is 9.90 Å². The number of benzene rings is 1. The minimum Gasteiger partial charge on any atom is -0.394 e. The van der Waals surface area contributed by atoms with Crippen LogP contribution in [0.1, 0.15) is 24.8 Å². The summed E-state index contributed by atoms with van der Waals surface area (Å²) in [4.78, 5) is 14.0. The van der Waals surface area contributed by atoms with Gasteiger partial charge < -0.3 is 10.0 Å². The van der Waals surface area contributed by atoms with Gasteiger partial charge in [0.15, 0.2) is 0 Å². The van der Waals surface area contributed by atoms with Crippen molar-refractivity contribution in [2.75, 3.05) is 13.2 Å². The largest absolute Gasteiger partial charge is 0.394 e. The van der Waals surface area contributed by atoms with E-state index in [1.165, 1.54) is 0 Å². The second kappa shape index (κ2) is 5.82. The van der Waals surface area contributed by atoms with Crippen molar-refractivity contribution in [1.29, 1.82) is 0 Å². The number of carbonyl (C=O) groups is 1. The summed E-state index contributed by atoms with van der Waals surface area (Å²) < 4.78 is 0. The Kier molecular flexibility index (Phi) is 4.15. The van der Waals surface area contributed by atoms with Crippen molar-refractivity contribution >= 4 is 5.91 Å². The maximum Gasteiger partial charge on any atom is 0.227 e. The molecule has 1 N–H and O–H groups in total. The summed E-state index contributed by atoms with van der Waals surface area (Å²) in [7, 11) is 0. The number of hydrogen-bond acceptors (Lipinski definition) is 2. The van der Waals surface area contributed by atoms with Crippen LogP contribution in [-0.4, -0.2) is 35.1 Å². The Balaban J connectivity index is 1.99. The molecular formula is C14H19NO2. The molecule has 1 saturated heterocycles. The number of piperidine rings is 1. The SMILES string of the molecule is O=C(Cc1ccccc1)N1CCCCC1CO. The monoisotopic (exact) mass is 233 g/mol. The molecule has 1 aliphatic rings. The zero-order chi connectivity index (χ0) is 12.1. The van der Waals surface area contributed by atoms with Crippen LogP contribution in [0.4, 0.5) is 0 Å². The fraction of sp³-hybridized carbons (Fsp3) is 0.500. The Bertz CT molecular complexity index is 364. The van der Waals surface area contributed by atoms with Crippen LogP contribution in [0.25, 0.3) is 0 Å². The molecule has 1 atom stereocenters. The van der Waals surface area contributed by atoms with Crippen LogP contribution in [0.5, 0.6) is 0 Å². The molecule has 17 heavy (non-hydrogen) atoms. The minimum absolute atomic E-state index is 0.0277. The molecule has 1 fully saturated rings. The first-order valence-electron chi connectivity index (χ1n) is 6.25. The third-order valence-corrected chi connectivity index (χ3v) is 3.36. The number of carbonyl (C=O) groups excluding carboxylic acids is 1. The van der Waals surface area contributed by atoms with E-state index in [1.54, 1.807) is 0 Å². The normalized spacial score (nSPS) is 20.3. The molecule has 1 aromatic rings. The van der Waals surface area contributed by atoms with Gasteiger partial charge in [-0.2, -0.15) is 0 Å². The number of likely N-dealkylation sites (tertiary alicyclic amines) is 1. The summed E-state index contributed by atoms with van der Waals surface area (Å²) in [6.07, 6.45) is 3.53. The average molecular weight is 233 g/mol. The van der Waals surface area contributed by atoms with Gasteiger partial charge in [-0.05, 0) is 24.8 Å². The predicted octanol–water partition coefficient (Wildman–Crippen LogP) is 1.60. The van der Waals surface area contributed by atoms with Crippen molar-refractivity contribution in [1.82, 2.24) is 4.90 Å². The third-order valence-electron chi connectivity index (χ3n) is 3.36. The van der Waals surface area contributed by atoms with Crippen molar-refractivity contribution in [2.45, 2.75) is 31.7 Å². The van der Waals surface area contributed by atoms with Crippen LogP contribution < -0.4 is 0 Å². The molecule has 0 aliphatic carbocycles. The Morgan fingerprint density at radius 1 is 1.29 bits per heavy atom. The molecule has 0 radical (unpaired) electrons. The van der Waals surface area contributed by atoms with Gasteiger partial charge >= 0.3 is 0 Å². The van der Waals surface area contributed by atoms with Gasteiger partial charge in [0.05, 0.1) is 19.1 Å². The van der Waals surface area contributed by atoms with Crippen LogP contribution in [0.3, 0.4) is 0 Å². The number of amides is 1. The number of aliphatic hydroxyl groups excluding tert-OH is 1. The molecule has 1 aliphatic heterocycles. The Morgan fingerprint density at radius 3 is 2.76 bits per heavy atom. The molecule has 3 nitrogen and oxygen atoms in total. The number of aliphatic hydroxyl groups is 1. The summed E-state index contributed by atoms with van der Waals surface area (Å²) in [6, 6.07) is 9.81. The van der Waals surface area contributed by atoms with Crippen molar-refractivity contribution < 1.29 is 9.90 Å². The van der Waals surface area contributed by atoms with Crippen LogP contribution in [0.15, 0.2) is 30.3 Å². The first-order chi connectivity index (χ1) is 8.31. The molecule has 1 heterocycles. The molecule has 3 heteroatoms. The summed E-state index contributed by atoms with van der Waals surface area (Å²) in [5.41, 5.74) is 1.04. The highest BCUT2D eigenvalue weighted by atomic mass is 16.3. The lowest BCUT2D eigenvalue weighted by Gasteiger charge is -2.34. The van der Waals surface area contributed by atoms with Gasteiger partial charge in [0, 0.05) is 6.54 Å². The lowest BCUT2D eigenvalue weighted by atomic mass is 10.0. The summed E-state index contributed by atoms with van der Waals surface area (Å²) >= 11 is 0. The highest BCUT2D eigenvalue weighted by Crippen LogP contribution is 2.17. The molecule has 1 unspecified atom stereocenters. The molecule has 0 saturated carbocycles. The van der Waals surface area contributed by atoms with Gasteiger partial charge in [-0.1, -0.05) is 30.3 Å². The van der Waals surface area contributed by atoms with Crippen LogP contribution >= 0.6 is 0 Å². The Labute approximate surface area is 102 Å². The smallest absolute Gasteiger partial charge is 0.227 e. The van der Waals surface area contributed by atoms with Gasteiger partial charge in [0.1, 0.15) is 0 Å². The minimum atomic E-state index is 0.0277. The van der Waals surface area contributed by atoms with Gasteiger partial charge in [0.2, 0.25) is 5.91 Å². The quantitative estimate of drug-likeness (QED) is 0.861. The van der Waals surface area contributed by atoms with E-state index in [2.05, 4.69) is 0 Å². The first-order valence-corrected chi connectivity index (χ1v) is 6.25. The fourth-order valence-corrected chi connectivity index (χ4v) is 2.39. The van der Waals surface area contributed by atoms with Crippen LogP contribution in [0, 0.1) is 0 Å². The van der Waals surface area contributed by atoms with Gasteiger partial charge in [-0.15, -0.1) is 0 Å². The molecule has 0 bridgehead atoms. The molecule has 1 aromatic carbocycles. The highest BCUT2D eigenvalue weighted by Gasteiger charge is 2.25. The predicted molar refractivity (Wildman–Crippen MR) is 66.6 cm³/mol. The summed E-state index contributed by atoms with van der Waals surface area (Å²) in [5, 5.41) is 9.28. The molecule has 0 aromatic heterocycles. The molecule has 2 rings (SSSR count). The van der Waals surface area contributed by atoms with Crippen LogP contribution in [-0.2, 0) is 11.2 Å². The van der Waals surface area contributed by atoms with Gasteiger partial charge in [-0.25, -0.2) is 0 Å². The van der Waals surface area contributed by atoms with Crippen molar-refractivity contribution in [3.8, 4) is 0 Å². The summed E-state index contributed by atoms with van der Waals surface area (Å²) in [6.45, 7) is 0.872. The standard InChI is InChI=1S/C14H19NO2/c16-11-13-8-4-5-9-15(13)14(17)10-12-6-2-1-3-7-12/h1-3,6-7,13,16H,4-5,8-11H2. The third kappa shape index (κ3) is 3.07. The van der Waals surface area contributed by atoms with Crippen molar-refractivity contribution in [3.63, 3.8) is 0 Å². The lowest BCUT2D eigenvalue weighted by molar-refractivity contribution is -0.135. The molecular weight excluding hydrogens is 214 g/mol. The second-order valence-electron chi connectivity index (χ2n) is 4.58. The number of rotatable bonds is 3. The first kappa shape index (κ1) is 12.1. The number of nitrogens with zero attached hydrogens (tertiary/aromatic N) is 1. The molecule has 92 valence electrons. The van der Waals surface area contributed by atoms with Gasteiger partial charge in [0.25, 0.3) is 0 Å². The maximum absolute atomic E-state index is 12.2. The van der Waals surface area contributed by atoms with E-state index in [-0.39, 0.29) is 18.6 Å². The highest BCUT2D eigenvalue weighted by molar-refractivity contribution is 5.79. The van der Waals surface area contributed by atoms with E-state index < -0.39 is 0 Å². The van der Waals surface area contributed by atoms with Crippen LogP contribution in [0.2, 0.25) is 0 Å². The lowest BCUT2D eigenvalue weighted by Crippen LogP contribution is -2.46. The van der Waals surface area contributed by atoms with Gasteiger partial charge in [-0.3, -0.25) is 4.79 Å². The zero-order valence-electron chi connectivity index (χ0n) is 10.0. The van der Waals surface area contributed by atoms with E-state index in [4.69, 9.17) is 0 Å². The molecule has 1 amide bonds. The Morgan fingerprint density at radius 2 is 2.06 bits per heavy atom. The zero-order valence-corrected chi connectivity index (χ0v) is 10.0. The van der Waals surface area contributed by atoms with E-state index >= 15 is 0 Å². The Hall–Kier alpha value is -1.35. The fourth-order valence-electron chi connectivity index (χ4n) is 2.39. The maximum atomic E-state index is 12.2. The van der Waals surface area contributed by atoms with Crippen molar-refractivity contribution in [2.24, 2.45) is 0 Å². The summed E-state index contributed by atoms with van der Waals surface area (Å²) in [5.74, 6) is 0.134. The van der Waals surface area contributed by atoms with E-state index in [1.807, 2.05) is 35.2 Å². The van der Waals surface area contributed by atoms with Crippen molar-refractivity contribution in [3.05, 3.63) is 35.9 Å². The second-order valence-corrected chi connectivity index (χ2v) is 4.58. The average Bonchev–Trinajstić information content (AvgIpc) is 2.40. The van der Waals surface area contributed by atoms with E-state index in [0.29, 0.717) is 6.42 Å².